The molecule has 124 valence electrons. The SMILES string of the molecule is COCCOCCCCN=C(N)Nc1ccc(OC)c(Cl)c1. The van der Waals surface area contributed by atoms with E-state index in [1.807, 2.05) is 6.07 Å². The number of nitrogens with zero attached hydrogens (tertiary/aromatic N) is 1. The van der Waals surface area contributed by atoms with Crippen molar-refractivity contribution in [1.82, 2.24) is 0 Å². The monoisotopic (exact) mass is 329 g/mol. The summed E-state index contributed by atoms with van der Waals surface area (Å²) >= 11 is 6.04. The average Bonchev–Trinajstić information content (AvgIpc) is 2.50. The van der Waals surface area contributed by atoms with Crippen molar-refractivity contribution in [3.05, 3.63) is 23.2 Å². The second-order valence-corrected chi connectivity index (χ2v) is 4.96. The summed E-state index contributed by atoms with van der Waals surface area (Å²) in [6.45, 7) is 2.61. The molecule has 0 aliphatic rings. The van der Waals surface area contributed by atoms with Gasteiger partial charge in [-0.1, -0.05) is 11.6 Å². The number of nitrogens with two attached hydrogens (primary N) is 1. The van der Waals surface area contributed by atoms with E-state index in [2.05, 4.69) is 10.3 Å². The summed E-state index contributed by atoms with van der Waals surface area (Å²) in [5.74, 6) is 0.984. The molecule has 0 spiro atoms. The largest absolute Gasteiger partial charge is 0.495 e. The van der Waals surface area contributed by atoms with Crippen molar-refractivity contribution in [3.63, 3.8) is 0 Å². The van der Waals surface area contributed by atoms with Gasteiger partial charge < -0.3 is 25.3 Å². The predicted molar refractivity (Wildman–Crippen MR) is 90.0 cm³/mol. The number of methoxy groups -OCH3 is 2. The summed E-state index contributed by atoms with van der Waals surface area (Å²) < 4.78 is 15.3. The summed E-state index contributed by atoms with van der Waals surface area (Å²) in [5, 5.41) is 3.51. The molecule has 0 unspecified atom stereocenters. The van der Waals surface area contributed by atoms with Crippen LogP contribution in [0.15, 0.2) is 23.2 Å². The fraction of sp³-hybridized carbons (Fsp3) is 0.533. The van der Waals surface area contributed by atoms with Crippen molar-refractivity contribution in [3.8, 4) is 5.75 Å². The van der Waals surface area contributed by atoms with Crippen molar-refractivity contribution in [2.45, 2.75) is 12.8 Å². The van der Waals surface area contributed by atoms with Crippen molar-refractivity contribution in [1.29, 1.82) is 0 Å². The number of benzene rings is 1. The van der Waals surface area contributed by atoms with Gasteiger partial charge in [-0.05, 0) is 31.0 Å². The maximum atomic E-state index is 6.04. The van der Waals surface area contributed by atoms with Gasteiger partial charge in [0.15, 0.2) is 5.96 Å². The van der Waals surface area contributed by atoms with Gasteiger partial charge in [0.05, 0.1) is 25.3 Å². The van der Waals surface area contributed by atoms with Crippen LogP contribution in [0.1, 0.15) is 12.8 Å². The average molecular weight is 330 g/mol. The van der Waals surface area contributed by atoms with E-state index in [1.165, 1.54) is 0 Å². The minimum Gasteiger partial charge on any atom is -0.495 e. The highest BCUT2D eigenvalue weighted by atomic mass is 35.5. The molecule has 1 aromatic rings. The maximum Gasteiger partial charge on any atom is 0.193 e. The van der Waals surface area contributed by atoms with Crippen LogP contribution < -0.4 is 15.8 Å². The molecule has 0 heterocycles. The van der Waals surface area contributed by atoms with Gasteiger partial charge in [0, 0.05) is 25.9 Å². The summed E-state index contributed by atoms with van der Waals surface area (Å²) in [7, 11) is 3.23. The van der Waals surface area contributed by atoms with Crippen LogP contribution in [0.2, 0.25) is 5.02 Å². The standard InChI is InChI=1S/C15H24ClN3O3/c1-20-9-10-22-8-4-3-7-18-15(17)19-12-5-6-14(21-2)13(16)11-12/h5-6,11H,3-4,7-10H2,1-2H3,(H3,17,18,19). The number of unbranched alkanes of at least 4 members (excludes halogenated alkanes) is 1. The first-order valence-corrected chi connectivity index (χ1v) is 7.52. The van der Waals surface area contributed by atoms with Crippen LogP contribution in [0.3, 0.4) is 0 Å². The third-order valence-electron chi connectivity index (χ3n) is 2.83. The Morgan fingerprint density at radius 1 is 1.23 bits per heavy atom. The molecule has 3 N–H and O–H groups in total. The molecule has 0 amide bonds. The van der Waals surface area contributed by atoms with Gasteiger partial charge in [0.2, 0.25) is 0 Å². The second kappa shape index (κ2) is 11.1. The maximum absolute atomic E-state index is 6.04. The minimum atomic E-state index is 0.363. The number of anilines is 1. The Balaban J connectivity index is 2.24. The first-order valence-electron chi connectivity index (χ1n) is 7.14. The van der Waals surface area contributed by atoms with Gasteiger partial charge in [-0.3, -0.25) is 4.99 Å². The molecule has 6 nitrogen and oxygen atoms in total. The lowest BCUT2D eigenvalue weighted by Crippen LogP contribution is -2.22. The lowest BCUT2D eigenvalue weighted by molar-refractivity contribution is 0.0690. The first-order chi connectivity index (χ1) is 10.7. The molecule has 1 rings (SSSR count). The predicted octanol–water partition coefficient (Wildman–Crippen LogP) is 2.52. The van der Waals surface area contributed by atoms with E-state index in [-0.39, 0.29) is 0 Å². The summed E-state index contributed by atoms with van der Waals surface area (Å²) in [5.41, 5.74) is 6.60. The minimum absolute atomic E-state index is 0.363. The number of nitrogens with one attached hydrogen (secondary N) is 1. The molecular formula is C15H24ClN3O3. The van der Waals surface area contributed by atoms with Gasteiger partial charge in [0.25, 0.3) is 0 Å². The first kappa shape index (κ1) is 18.5. The molecule has 0 atom stereocenters. The van der Waals surface area contributed by atoms with E-state index in [9.17, 15) is 0 Å². The van der Waals surface area contributed by atoms with E-state index >= 15 is 0 Å². The van der Waals surface area contributed by atoms with E-state index < -0.39 is 0 Å². The Morgan fingerprint density at radius 3 is 2.73 bits per heavy atom. The molecule has 0 aliphatic carbocycles. The van der Waals surface area contributed by atoms with E-state index in [0.29, 0.717) is 43.1 Å². The van der Waals surface area contributed by atoms with Crippen LogP contribution in [0.4, 0.5) is 5.69 Å². The van der Waals surface area contributed by atoms with Gasteiger partial charge in [0.1, 0.15) is 5.75 Å². The van der Waals surface area contributed by atoms with Gasteiger partial charge in [-0.25, -0.2) is 0 Å². The number of rotatable bonds is 10. The number of ether oxygens (including phenoxy) is 3. The van der Waals surface area contributed by atoms with Crippen molar-refractivity contribution in [2.24, 2.45) is 10.7 Å². The number of halogens is 1. The van der Waals surface area contributed by atoms with Crippen LogP contribution in [0, 0.1) is 0 Å². The van der Waals surface area contributed by atoms with Crippen LogP contribution in [-0.2, 0) is 9.47 Å². The number of guanidine groups is 1. The third kappa shape index (κ3) is 7.49. The molecule has 0 saturated carbocycles. The third-order valence-corrected chi connectivity index (χ3v) is 3.13. The zero-order valence-electron chi connectivity index (χ0n) is 13.1. The number of hydrogen-bond acceptors (Lipinski definition) is 4. The summed E-state index contributed by atoms with van der Waals surface area (Å²) in [6.07, 6.45) is 1.85. The van der Waals surface area contributed by atoms with Gasteiger partial charge in [-0.2, -0.15) is 0 Å². The molecular weight excluding hydrogens is 306 g/mol. The van der Waals surface area contributed by atoms with Crippen LogP contribution in [0.25, 0.3) is 0 Å². The van der Waals surface area contributed by atoms with Gasteiger partial charge in [-0.15, -0.1) is 0 Å². The van der Waals surface area contributed by atoms with Gasteiger partial charge >= 0.3 is 0 Å². The van der Waals surface area contributed by atoms with E-state index in [0.717, 1.165) is 18.5 Å². The summed E-state index contributed by atoms with van der Waals surface area (Å²) in [4.78, 5) is 4.25. The molecule has 0 bridgehead atoms. The highest BCUT2D eigenvalue weighted by Gasteiger charge is 2.02. The van der Waals surface area contributed by atoms with Crippen LogP contribution in [0.5, 0.6) is 5.75 Å². The smallest absolute Gasteiger partial charge is 0.193 e. The molecule has 0 aromatic heterocycles. The quantitative estimate of drug-likeness (QED) is 0.392. The Morgan fingerprint density at radius 2 is 2.05 bits per heavy atom. The van der Waals surface area contributed by atoms with Crippen LogP contribution in [-0.4, -0.2) is 46.5 Å². The molecule has 0 radical (unpaired) electrons. The molecule has 1 aromatic carbocycles. The highest BCUT2D eigenvalue weighted by molar-refractivity contribution is 6.32. The van der Waals surface area contributed by atoms with Crippen molar-refractivity contribution in [2.75, 3.05) is 45.9 Å². The van der Waals surface area contributed by atoms with Crippen molar-refractivity contribution >= 4 is 23.2 Å². The molecule has 0 saturated heterocycles. The molecule has 0 aliphatic heterocycles. The molecule has 0 fully saturated rings. The topological polar surface area (TPSA) is 78.1 Å². The Hall–Kier alpha value is -1.50. The fourth-order valence-electron chi connectivity index (χ4n) is 1.69. The zero-order chi connectivity index (χ0) is 16.2. The number of aliphatic imine (C=N–C) groups is 1. The van der Waals surface area contributed by atoms with Crippen molar-refractivity contribution < 1.29 is 14.2 Å². The molecule has 7 heteroatoms. The Kier molecular flexibility index (Phi) is 9.37. The van der Waals surface area contributed by atoms with E-state index in [4.69, 9.17) is 31.5 Å². The normalized spacial score (nSPS) is 11.5. The number of hydrogen-bond donors (Lipinski definition) is 2. The lowest BCUT2D eigenvalue weighted by atomic mass is 10.3. The molecule has 22 heavy (non-hydrogen) atoms. The Labute approximate surface area is 136 Å². The van der Waals surface area contributed by atoms with Crippen LogP contribution >= 0.6 is 11.6 Å². The highest BCUT2D eigenvalue weighted by Crippen LogP contribution is 2.26. The summed E-state index contributed by atoms with van der Waals surface area (Å²) in [6, 6.07) is 5.35. The lowest BCUT2D eigenvalue weighted by Gasteiger charge is -2.08. The van der Waals surface area contributed by atoms with E-state index in [1.54, 1.807) is 26.4 Å². The Bertz CT molecular complexity index is 469. The second-order valence-electron chi connectivity index (χ2n) is 4.55. The zero-order valence-corrected chi connectivity index (χ0v) is 13.9. The fourth-order valence-corrected chi connectivity index (χ4v) is 1.95.